The minimum absolute atomic E-state index is 0.199. The summed E-state index contributed by atoms with van der Waals surface area (Å²) >= 11 is 12.8. The quantitative estimate of drug-likeness (QED) is 0.439. The highest BCUT2D eigenvalue weighted by Crippen LogP contribution is 2.66. The van der Waals surface area contributed by atoms with Crippen molar-refractivity contribution >= 4 is 52.2 Å². The van der Waals surface area contributed by atoms with Gasteiger partial charge in [0.1, 0.15) is 11.0 Å². The molecule has 2 spiro atoms. The van der Waals surface area contributed by atoms with Gasteiger partial charge in [-0.15, -0.1) is 0 Å². The number of para-hydroxylation sites is 2. The predicted molar refractivity (Wildman–Crippen MR) is 142 cm³/mol. The number of Topliss-reactive ketones (excluding diaryl/α,β-unsaturated/α-hetero) is 1. The molecule has 4 atom stereocenters. The highest BCUT2D eigenvalue weighted by molar-refractivity contribution is 6.37. The topological polar surface area (TPSA) is 78.5 Å². The number of carbonyl (C=O) groups is 3. The number of rotatable bonds is 2. The number of amides is 2. The van der Waals surface area contributed by atoms with Crippen molar-refractivity contribution in [2.75, 3.05) is 17.2 Å². The number of aryl methyl sites for hydroxylation is 1. The van der Waals surface area contributed by atoms with Crippen LogP contribution < -0.4 is 10.6 Å². The second-order valence-corrected chi connectivity index (χ2v) is 11.2. The summed E-state index contributed by atoms with van der Waals surface area (Å²) < 4.78 is 0. The zero-order valence-electron chi connectivity index (χ0n) is 20.0. The molecule has 0 unspecified atom stereocenters. The van der Waals surface area contributed by atoms with Crippen LogP contribution in [0.15, 0.2) is 60.7 Å². The molecule has 0 aromatic heterocycles. The van der Waals surface area contributed by atoms with E-state index in [9.17, 15) is 14.4 Å². The molecule has 2 N–H and O–H groups in total. The minimum Gasteiger partial charge on any atom is -0.325 e. The van der Waals surface area contributed by atoms with Crippen LogP contribution in [-0.2, 0) is 20.5 Å². The molecule has 2 amide bonds. The molecule has 37 heavy (non-hydrogen) atoms. The smallest absolute Gasteiger partial charge is 0.250 e. The van der Waals surface area contributed by atoms with Gasteiger partial charge in [-0.25, -0.2) is 0 Å². The van der Waals surface area contributed by atoms with Crippen molar-refractivity contribution in [1.82, 2.24) is 4.90 Å². The minimum atomic E-state index is -1.36. The number of ketones is 1. The summed E-state index contributed by atoms with van der Waals surface area (Å²) in [6.45, 7) is 2.54. The normalized spacial score (nSPS) is 29.4. The fourth-order valence-corrected chi connectivity index (χ4v) is 8.07. The number of halogens is 2. The van der Waals surface area contributed by atoms with Crippen molar-refractivity contribution in [3.8, 4) is 0 Å². The number of fused-ring (bicyclic) bond motifs is 7. The third kappa shape index (κ3) is 2.63. The summed E-state index contributed by atoms with van der Waals surface area (Å²) in [5.41, 5.74) is 1.41. The second-order valence-electron chi connectivity index (χ2n) is 10.4. The number of nitrogens with zero attached hydrogens (tertiary/aromatic N) is 1. The van der Waals surface area contributed by atoms with E-state index < -0.39 is 16.9 Å². The zero-order valence-corrected chi connectivity index (χ0v) is 21.5. The van der Waals surface area contributed by atoms with E-state index in [0.717, 1.165) is 23.1 Å². The van der Waals surface area contributed by atoms with Crippen LogP contribution in [0.1, 0.15) is 39.9 Å². The average Bonchev–Trinajstić information content (AvgIpc) is 3.59. The van der Waals surface area contributed by atoms with Crippen LogP contribution >= 0.6 is 23.2 Å². The lowest BCUT2D eigenvalue weighted by Gasteiger charge is -2.38. The van der Waals surface area contributed by atoms with Gasteiger partial charge in [-0.2, -0.15) is 0 Å². The fraction of sp³-hybridized carbons (Fsp3) is 0.276. The van der Waals surface area contributed by atoms with Crippen LogP contribution in [0, 0.1) is 12.8 Å². The van der Waals surface area contributed by atoms with Gasteiger partial charge in [-0.1, -0.05) is 59.6 Å². The highest BCUT2D eigenvalue weighted by Gasteiger charge is 2.78. The highest BCUT2D eigenvalue weighted by atomic mass is 35.5. The predicted octanol–water partition coefficient (Wildman–Crippen LogP) is 5.32. The van der Waals surface area contributed by atoms with E-state index in [0.29, 0.717) is 29.4 Å². The van der Waals surface area contributed by atoms with Crippen molar-refractivity contribution in [3.05, 3.63) is 93.0 Å². The third-order valence-corrected chi connectivity index (χ3v) is 9.38. The second kappa shape index (κ2) is 7.67. The molecule has 4 aliphatic heterocycles. The van der Waals surface area contributed by atoms with E-state index in [1.54, 1.807) is 12.1 Å². The SMILES string of the molecule is Cc1cccc2c1NC(=O)[C@@]21[C@@H](C(=O)c2ccc(Cl)cc2Cl)[C@]2(C(=O)Nc3ccccc32)[C@H]2CCCN21. The van der Waals surface area contributed by atoms with Crippen LogP contribution in [0.4, 0.5) is 11.4 Å². The first kappa shape index (κ1) is 23.0. The Morgan fingerprint density at radius 2 is 1.76 bits per heavy atom. The lowest BCUT2D eigenvalue weighted by Crippen LogP contribution is -2.55. The number of nitrogens with one attached hydrogen (secondary N) is 2. The Morgan fingerprint density at radius 3 is 2.57 bits per heavy atom. The molecule has 2 fully saturated rings. The molecule has 8 heteroatoms. The molecular weight excluding hydrogens is 509 g/mol. The van der Waals surface area contributed by atoms with Gasteiger partial charge >= 0.3 is 0 Å². The Balaban J connectivity index is 1.60. The lowest BCUT2D eigenvalue weighted by atomic mass is 9.60. The molecule has 186 valence electrons. The molecule has 6 nitrogen and oxygen atoms in total. The summed E-state index contributed by atoms with van der Waals surface area (Å²) in [6.07, 6.45) is 1.51. The maximum absolute atomic E-state index is 14.8. The Bertz CT molecular complexity index is 1560. The van der Waals surface area contributed by atoms with Gasteiger partial charge in [0.2, 0.25) is 11.8 Å². The first-order valence-corrected chi connectivity index (χ1v) is 13.2. The van der Waals surface area contributed by atoms with Crippen LogP contribution in [-0.4, -0.2) is 35.1 Å². The molecule has 3 aromatic carbocycles. The Hall–Kier alpha value is -3.19. The van der Waals surface area contributed by atoms with Crippen molar-refractivity contribution in [1.29, 1.82) is 0 Å². The molecule has 0 aliphatic carbocycles. The number of hydrogen-bond acceptors (Lipinski definition) is 4. The van der Waals surface area contributed by atoms with E-state index in [4.69, 9.17) is 23.2 Å². The third-order valence-electron chi connectivity index (χ3n) is 8.83. The van der Waals surface area contributed by atoms with E-state index in [1.807, 2.05) is 49.4 Å². The molecule has 4 heterocycles. The van der Waals surface area contributed by atoms with Crippen LogP contribution in [0.25, 0.3) is 0 Å². The summed E-state index contributed by atoms with van der Waals surface area (Å²) in [7, 11) is 0. The van der Waals surface area contributed by atoms with Crippen molar-refractivity contribution in [2.45, 2.75) is 36.8 Å². The van der Waals surface area contributed by atoms with Crippen LogP contribution in [0.5, 0.6) is 0 Å². The van der Waals surface area contributed by atoms with Crippen LogP contribution in [0.3, 0.4) is 0 Å². The van der Waals surface area contributed by atoms with Crippen molar-refractivity contribution in [3.63, 3.8) is 0 Å². The molecular formula is C29H23Cl2N3O3. The standard InChI is InChI=1S/C29H23Cl2N3O3/c1-15-6-4-8-19-23(15)33-27(37)29(19)25(24(35)17-12-11-16(30)14-20(17)31)28(22-10-5-13-34(22)29)18-7-2-3-9-21(18)32-26(28)36/h2-4,6-9,11-12,14,22,25H,5,10,13H2,1H3,(H,32,36)(H,33,37)/t22-,25+,28-,29+/m1/s1. The largest absolute Gasteiger partial charge is 0.325 e. The lowest BCUT2D eigenvalue weighted by molar-refractivity contribution is -0.128. The summed E-state index contributed by atoms with van der Waals surface area (Å²) in [5.74, 6) is -1.91. The number of anilines is 2. The van der Waals surface area contributed by atoms with Gasteiger partial charge in [-0.3, -0.25) is 19.3 Å². The maximum Gasteiger partial charge on any atom is 0.250 e. The average molecular weight is 532 g/mol. The molecule has 4 aliphatic rings. The summed E-state index contributed by atoms with van der Waals surface area (Å²) in [6, 6.07) is 17.7. The zero-order chi connectivity index (χ0) is 25.7. The van der Waals surface area contributed by atoms with Gasteiger partial charge < -0.3 is 10.6 Å². The van der Waals surface area contributed by atoms with E-state index in [2.05, 4.69) is 15.5 Å². The maximum atomic E-state index is 14.8. The van der Waals surface area contributed by atoms with Crippen LogP contribution in [0.2, 0.25) is 10.0 Å². The Labute approximate surface area is 223 Å². The van der Waals surface area contributed by atoms with Gasteiger partial charge in [0.15, 0.2) is 5.78 Å². The first-order valence-electron chi connectivity index (χ1n) is 12.4. The number of carbonyl (C=O) groups excluding carboxylic acids is 3. The van der Waals surface area contributed by atoms with E-state index in [-0.39, 0.29) is 34.2 Å². The number of hydrogen-bond donors (Lipinski definition) is 2. The molecule has 2 saturated heterocycles. The van der Waals surface area contributed by atoms with Gasteiger partial charge in [0.25, 0.3) is 0 Å². The molecule has 0 saturated carbocycles. The van der Waals surface area contributed by atoms with Gasteiger partial charge in [-0.05, 0) is 61.7 Å². The molecule has 3 aromatic rings. The summed E-state index contributed by atoms with van der Waals surface area (Å²) in [4.78, 5) is 45.5. The molecule has 7 rings (SSSR count). The van der Waals surface area contributed by atoms with Crippen molar-refractivity contribution < 1.29 is 14.4 Å². The van der Waals surface area contributed by atoms with Crippen molar-refractivity contribution in [2.24, 2.45) is 5.92 Å². The molecule has 0 bridgehead atoms. The Kier molecular flexibility index (Phi) is 4.76. The van der Waals surface area contributed by atoms with E-state index in [1.165, 1.54) is 6.07 Å². The van der Waals surface area contributed by atoms with E-state index >= 15 is 0 Å². The monoisotopic (exact) mass is 531 g/mol. The summed E-state index contributed by atoms with van der Waals surface area (Å²) in [5, 5.41) is 6.76. The molecule has 0 radical (unpaired) electrons. The van der Waals surface area contributed by atoms with Gasteiger partial charge in [0, 0.05) is 33.6 Å². The Morgan fingerprint density at radius 1 is 0.973 bits per heavy atom. The first-order chi connectivity index (χ1) is 17.8. The van der Waals surface area contributed by atoms with Gasteiger partial charge in [0.05, 0.1) is 10.9 Å². The fourth-order valence-electron chi connectivity index (χ4n) is 7.56. The number of benzene rings is 3.